The number of carbonyl (C=O) groups is 2. The van der Waals surface area contributed by atoms with Crippen molar-refractivity contribution < 1.29 is 14.0 Å². The molecule has 3 aromatic rings. The molecular formula is C23H24N4O3. The summed E-state index contributed by atoms with van der Waals surface area (Å²) < 4.78 is 5.51. The van der Waals surface area contributed by atoms with E-state index < -0.39 is 11.8 Å². The zero-order chi connectivity index (χ0) is 21.3. The van der Waals surface area contributed by atoms with Crippen molar-refractivity contribution in [1.29, 1.82) is 0 Å². The maximum atomic E-state index is 12.9. The van der Waals surface area contributed by atoms with Crippen LogP contribution in [-0.2, 0) is 9.59 Å². The molecule has 154 valence electrons. The van der Waals surface area contributed by atoms with E-state index in [-0.39, 0.29) is 12.5 Å². The summed E-state index contributed by atoms with van der Waals surface area (Å²) in [5.74, 6) is 0.00230. The number of amides is 2. The lowest BCUT2D eigenvalue weighted by atomic mass is 9.90. The smallest absolute Gasteiger partial charge is 0.259 e. The summed E-state index contributed by atoms with van der Waals surface area (Å²) >= 11 is 0. The number of carbonyl (C=O) groups excluding carboxylic acids is 2. The number of benzene rings is 2. The molecule has 1 aromatic heterocycles. The molecule has 1 heterocycles. The molecule has 0 unspecified atom stereocenters. The first-order chi connectivity index (χ1) is 14.5. The molecule has 7 nitrogen and oxygen atoms in total. The number of rotatable bonds is 8. The zero-order valence-electron chi connectivity index (χ0n) is 16.9. The van der Waals surface area contributed by atoms with Gasteiger partial charge in [-0.2, -0.15) is 5.10 Å². The first-order valence-electron chi connectivity index (χ1n) is 9.51. The van der Waals surface area contributed by atoms with E-state index in [1.807, 2.05) is 79.7 Å². The molecular weight excluding hydrogens is 380 g/mol. The van der Waals surface area contributed by atoms with E-state index in [2.05, 4.69) is 15.8 Å². The lowest BCUT2D eigenvalue weighted by Crippen LogP contribution is -2.37. The summed E-state index contributed by atoms with van der Waals surface area (Å²) in [7, 11) is 3.73. The molecule has 0 atom stereocenters. The van der Waals surface area contributed by atoms with Crippen LogP contribution < -0.4 is 15.6 Å². The van der Waals surface area contributed by atoms with Crippen LogP contribution in [0.1, 0.15) is 22.8 Å². The molecule has 0 bridgehead atoms. The highest BCUT2D eigenvalue weighted by Crippen LogP contribution is 2.24. The molecule has 0 aliphatic carbocycles. The van der Waals surface area contributed by atoms with Crippen LogP contribution >= 0.6 is 0 Å². The van der Waals surface area contributed by atoms with Crippen molar-refractivity contribution in [1.82, 2.24) is 10.7 Å². The van der Waals surface area contributed by atoms with Crippen LogP contribution in [0, 0.1) is 0 Å². The first-order valence-corrected chi connectivity index (χ1v) is 9.51. The van der Waals surface area contributed by atoms with Gasteiger partial charge >= 0.3 is 0 Å². The van der Waals surface area contributed by atoms with E-state index in [1.54, 1.807) is 12.1 Å². The Morgan fingerprint density at radius 2 is 1.57 bits per heavy atom. The summed E-state index contributed by atoms with van der Waals surface area (Å²) in [4.78, 5) is 26.8. The van der Waals surface area contributed by atoms with E-state index in [0.717, 1.165) is 11.1 Å². The van der Waals surface area contributed by atoms with Crippen molar-refractivity contribution >= 4 is 23.9 Å². The van der Waals surface area contributed by atoms with Gasteiger partial charge in [0.25, 0.3) is 5.91 Å². The van der Waals surface area contributed by atoms with Gasteiger partial charge in [0.05, 0.1) is 18.7 Å². The molecule has 30 heavy (non-hydrogen) atoms. The molecule has 0 aliphatic heterocycles. The fourth-order valence-corrected chi connectivity index (χ4v) is 2.92. The molecule has 7 heteroatoms. The van der Waals surface area contributed by atoms with Crippen LogP contribution in [0.3, 0.4) is 0 Å². The third-order valence-corrected chi connectivity index (χ3v) is 4.39. The number of furan rings is 1. The summed E-state index contributed by atoms with van der Waals surface area (Å²) in [5.41, 5.74) is 4.10. The Morgan fingerprint density at radius 1 is 0.967 bits per heavy atom. The Bertz CT molecular complexity index is 958. The Kier molecular flexibility index (Phi) is 7.00. The van der Waals surface area contributed by atoms with Gasteiger partial charge in [0.15, 0.2) is 5.88 Å². The monoisotopic (exact) mass is 404 g/mol. The van der Waals surface area contributed by atoms with Crippen LogP contribution in [0.2, 0.25) is 0 Å². The SMILES string of the molecule is CN(C)c1ccc(C=NNC(=O)CNC(=O)C(c2ccccc2)c2ccccc2)o1. The Labute approximate surface area is 175 Å². The molecule has 0 radical (unpaired) electrons. The molecule has 0 saturated carbocycles. The van der Waals surface area contributed by atoms with Crippen molar-refractivity contribution in [2.45, 2.75) is 5.92 Å². The van der Waals surface area contributed by atoms with Gasteiger partial charge in [-0.1, -0.05) is 60.7 Å². The van der Waals surface area contributed by atoms with Crippen LogP contribution in [0.5, 0.6) is 0 Å². The average Bonchev–Trinajstić information content (AvgIpc) is 3.23. The molecule has 3 rings (SSSR count). The standard InChI is InChI=1S/C23H24N4O3/c1-27(2)21-14-13-19(30-21)15-25-26-20(28)16-24-23(29)22(17-9-5-3-6-10-17)18-11-7-4-8-12-18/h3-15,22H,16H2,1-2H3,(H,24,29)(H,26,28). The van der Waals surface area contributed by atoms with E-state index in [4.69, 9.17) is 4.42 Å². The molecule has 2 N–H and O–H groups in total. The third-order valence-electron chi connectivity index (χ3n) is 4.39. The van der Waals surface area contributed by atoms with E-state index >= 15 is 0 Å². The third kappa shape index (κ3) is 5.57. The molecule has 0 fully saturated rings. The van der Waals surface area contributed by atoms with Crippen LogP contribution in [-0.4, -0.2) is 38.7 Å². The second-order valence-electron chi connectivity index (χ2n) is 6.84. The van der Waals surface area contributed by atoms with Crippen LogP contribution in [0.25, 0.3) is 0 Å². The van der Waals surface area contributed by atoms with Crippen LogP contribution in [0.4, 0.5) is 5.88 Å². The highest BCUT2D eigenvalue weighted by Gasteiger charge is 2.22. The first kappa shape index (κ1) is 20.9. The summed E-state index contributed by atoms with van der Waals surface area (Å²) in [5, 5.41) is 6.56. The highest BCUT2D eigenvalue weighted by molar-refractivity contribution is 5.91. The van der Waals surface area contributed by atoms with Gasteiger partial charge in [0.1, 0.15) is 5.76 Å². The Morgan fingerprint density at radius 3 is 2.10 bits per heavy atom. The fourth-order valence-electron chi connectivity index (χ4n) is 2.92. The fraction of sp³-hybridized carbons (Fsp3) is 0.174. The van der Waals surface area contributed by atoms with Crippen molar-refractivity contribution in [3.8, 4) is 0 Å². The number of hydrogen-bond acceptors (Lipinski definition) is 5. The van der Waals surface area contributed by atoms with Gasteiger partial charge < -0.3 is 14.6 Å². The molecule has 0 aliphatic rings. The number of nitrogens with one attached hydrogen (secondary N) is 2. The van der Waals surface area contributed by atoms with Gasteiger partial charge in [0, 0.05) is 20.2 Å². The van der Waals surface area contributed by atoms with E-state index in [0.29, 0.717) is 11.6 Å². The van der Waals surface area contributed by atoms with E-state index in [1.165, 1.54) is 6.21 Å². The molecule has 2 aromatic carbocycles. The lowest BCUT2D eigenvalue weighted by molar-refractivity contribution is -0.126. The summed E-state index contributed by atoms with van der Waals surface area (Å²) in [6.07, 6.45) is 1.41. The molecule has 0 saturated heterocycles. The van der Waals surface area contributed by atoms with Crippen LogP contribution in [0.15, 0.2) is 82.3 Å². The van der Waals surface area contributed by atoms with E-state index in [9.17, 15) is 9.59 Å². The number of hydrazone groups is 1. The second-order valence-corrected chi connectivity index (χ2v) is 6.84. The summed E-state index contributed by atoms with van der Waals surface area (Å²) in [6, 6.07) is 22.5. The average molecular weight is 404 g/mol. The Hall–Kier alpha value is -3.87. The normalized spacial score (nSPS) is 10.9. The minimum absolute atomic E-state index is 0.187. The number of nitrogens with zero attached hydrogens (tertiary/aromatic N) is 2. The van der Waals surface area contributed by atoms with Crippen molar-refractivity contribution in [3.63, 3.8) is 0 Å². The van der Waals surface area contributed by atoms with Gasteiger partial charge in [-0.15, -0.1) is 0 Å². The zero-order valence-corrected chi connectivity index (χ0v) is 16.9. The molecule has 2 amide bonds. The quantitative estimate of drug-likeness (QED) is 0.446. The maximum absolute atomic E-state index is 12.9. The van der Waals surface area contributed by atoms with Gasteiger partial charge in [-0.25, -0.2) is 5.43 Å². The van der Waals surface area contributed by atoms with Crippen molar-refractivity contribution in [2.75, 3.05) is 25.5 Å². The lowest BCUT2D eigenvalue weighted by Gasteiger charge is -2.17. The predicted octanol–water partition coefficient (Wildman–Crippen LogP) is 2.74. The highest BCUT2D eigenvalue weighted by atomic mass is 16.4. The number of hydrogen-bond donors (Lipinski definition) is 2. The second kappa shape index (κ2) is 10.1. The molecule has 0 spiro atoms. The van der Waals surface area contributed by atoms with Gasteiger partial charge in [-0.3, -0.25) is 9.59 Å². The Balaban J connectivity index is 1.58. The summed E-state index contributed by atoms with van der Waals surface area (Å²) in [6.45, 7) is -0.187. The van der Waals surface area contributed by atoms with Crippen molar-refractivity contribution in [3.05, 3.63) is 89.7 Å². The predicted molar refractivity (Wildman–Crippen MR) is 117 cm³/mol. The minimum Gasteiger partial charge on any atom is -0.440 e. The topological polar surface area (TPSA) is 86.9 Å². The largest absolute Gasteiger partial charge is 0.440 e. The maximum Gasteiger partial charge on any atom is 0.259 e. The van der Waals surface area contributed by atoms with Crippen molar-refractivity contribution in [2.24, 2.45) is 5.10 Å². The van der Waals surface area contributed by atoms with Gasteiger partial charge in [-0.05, 0) is 17.2 Å². The van der Waals surface area contributed by atoms with Gasteiger partial charge in [0.2, 0.25) is 5.91 Å². The minimum atomic E-state index is -0.503. The number of anilines is 1.